The van der Waals surface area contributed by atoms with Crippen molar-refractivity contribution in [3.8, 4) is 0 Å². The van der Waals surface area contributed by atoms with Gasteiger partial charge in [-0.2, -0.15) is 0 Å². The molecule has 1 amide bonds. The fourth-order valence-corrected chi connectivity index (χ4v) is 3.43. The van der Waals surface area contributed by atoms with Crippen LogP contribution in [0.4, 0.5) is 20.2 Å². The molecule has 3 rings (SSSR count). The summed E-state index contributed by atoms with van der Waals surface area (Å²) in [6, 6.07) is 9.53. The lowest BCUT2D eigenvalue weighted by Crippen LogP contribution is -2.31. The summed E-state index contributed by atoms with van der Waals surface area (Å²) < 4.78 is 26.2. The number of nitrogens with one attached hydrogen (secondary N) is 2. The Morgan fingerprint density at radius 3 is 2.79 bits per heavy atom. The maximum Gasteiger partial charge on any atom is 0.243 e. The summed E-state index contributed by atoms with van der Waals surface area (Å²) >= 11 is 0. The van der Waals surface area contributed by atoms with Crippen LogP contribution >= 0.6 is 0 Å². The van der Waals surface area contributed by atoms with Crippen molar-refractivity contribution in [1.29, 1.82) is 0 Å². The second-order valence-corrected chi connectivity index (χ2v) is 7.13. The maximum atomic E-state index is 13.2. The molecule has 1 saturated heterocycles. The van der Waals surface area contributed by atoms with Crippen LogP contribution in [0, 0.1) is 18.6 Å². The number of benzene rings is 2. The molecule has 0 saturated carbocycles. The second kappa shape index (κ2) is 9.12. The third kappa shape index (κ3) is 5.05. The summed E-state index contributed by atoms with van der Waals surface area (Å²) in [5, 5.41) is 15.1. The Morgan fingerprint density at radius 1 is 1.21 bits per heavy atom. The smallest absolute Gasteiger partial charge is 0.243 e. The van der Waals surface area contributed by atoms with Gasteiger partial charge in [-0.05, 0) is 55.6 Å². The van der Waals surface area contributed by atoms with Crippen LogP contribution in [0.5, 0.6) is 0 Å². The number of carbonyl (C=O) groups excluding carboxylic acids is 1. The highest BCUT2D eigenvalue weighted by Gasteiger charge is 2.23. The summed E-state index contributed by atoms with van der Waals surface area (Å²) in [7, 11) is 0. The Labute approximate surface area is 163 Å². The van der Waals surface area contributed by atoms with Crippen LogP contribution in [0.3, 0.4) is 0 Å². The molecule has 0 aromatic heterocycles. The molecule has 7 heteroatoms. The molecule has 1 aliphatic rings. The molecule has 5 nitrogen and oxygen atoms in total. The van der Waals surface area contributed by atoms with Gasteiger partial charge < -0.3 is 15.7 Å². The fraction of sp³-hybridized carbons (Fsp3) is 0.381. The van der Waals surface area contributed by atoms with Gasteiger partial charge in [0, 0.05) is 30.0 Å². The Balaban J connectivity index is 1.59. The summed E-state index contributed by atoms with van der Waals surface area (Å²) in [5.41, 5.74) is 3.05. The molecule has 1 atom stereocenters. The average molecular weight is 389 g/mol. The van der Waals surface area contributed by atoms with Gasteiger partial charge in [-0.25, -0.2) is 8.78 Å². The lowest BCUT2D eigenvalue weighted by atomic mass is 10.1. The summed E-state index contributed by atoms with van der Waals surface area (Å²) in [6.45, 7) is 3.69. The maximum absolute atomic E-state index is 13.2. The molecule has 3 N–H and O–H groups in total. The van der Waals surface area contributed by atoms with Crippen LogP contribution in [0.25, 0.3) is 0 Å². The third-order valence-electron chi connectivity index (χ3n) is 5.04. The minimum absolute atomic E-state index is 0.0621. The van der Waals surface area contributed by atoms with E-state index in [0.717, 1.165) is 49.2 Å². The van der Waals surface area contributed by atoms with Gasteiger partial charge in [0.2, 0.25) is 5.91 Å². The Morgan fingerprint density at radius 2 is 2.04 bits per heavy atom. The zero-order chi connectivity index (χ0) is 20.1. The van der Waals surface area contributed by atoms with Crippen LogP contribution in [-0.2, 0) is 11.3 Å². The lowest BCUT2D eigenvalue weighted by Gasteiger charge is -2.23. The predicted octanol–water partition coefficient (Wildman–Crippen LogP) is 3.28. The molecular weight excluding hydrogens is 364 g/mol. The first-order valence-corrected chi connectivity index (χ1v) is 9.39. The van der Waals surface area contributed by atoms with E-state index in [2.05, 4.69) is 15.5 Å². The van der Waals surface area contributed by atoms with Gasteiger partial charge in [0.1, 0.15) is 0 Å². The van der Waals surface area contributed by atoms with Crippen LogP contribution in [-0.4, -0.2) is 41.7 Å². The van der Waals surface area contributed by atoms with Crippen molar-refractivity contribution in [2.24, 2.45) is 0 Å². The molecule has 0 radical (unpaired) electrons. The van der Waals surface area contributed by atoms with Gasteiger partial charge in [-0.15, -0.1) is 0 Å². The zero-order valence-electron chi connectivity index (χ0n) is 15.8. The lowest BCUT2D eigenvalue weighted by molar-refractivity contribution is -0.114. The Bertz CT molecular complexity index is 844. The molecule has 2 aromatic carbocycles. The molecule has 1 heterocycles. The number of anilines is 2. The van der Waals surface area contributed by atoms with E-state index in [9.17, 15) is 18.7 Å². The number of likely N-dealkylation sites (tertiary alicyclic amines) is 1. The van der Waals surface area contributed by atoms with Crippen molar-refractivity contribution in [1.82, 2.24) is 4.90 Å². The minimum atomic E-state index is -0.961. The van der Waals surface area contributed by atoms with Crippen molar-refractivity contribution < 1.29 is 18.7 Å². The van der Waals surface area contributed by atoms with Gasteiger partial charge in [0.05, 0.1) is 13.2 Å². The first-order valence-electron chi connectivity index (χ1n) is 9.39. The second-order valence-electron chi connectivity index (χ2n) is 7.13. The summed E-state index contributed by atoms with van der Waals surface area (Å²) in [5.74, 6) is -2.17. The van der Waals surface area contributed by atoms with E-state index in [1.54, 1.807) is 0 Å². The van der Waals surface area contributed by atoms with Crippen LogP contribution in [0.1, 0.15) is 24.0 Å². The normalized spacial score (nSPS) is 16.9. The monoisotopic (exact) mass is 389 g/mol. The molecule has 0 aliphatic carbocycles. The highest BCUT2D eigenvalue weighted by molar-refractivity contribution is 5.94. The van der Waals surface area contributed by atoms with E-state index in [4.69, 9.17) is 0 Å². The number of aryl methyl sites for hydroxylation is 1. The molecule has 28 heavy (non-hydrogen) atoms. The van der Waals surface area contributed by atoms with E-state index in [-0.39, 0.29) is 25.1 Å². The van der Waals surface area contributed by atoms with E-state index in [0.29, 0.717) is 11.4 Å². The topological polar surface area (TPSA) is 64.6 Å². The van der Waals surface area contributed by atoms with Gasteiger partial charge >= 0.3 is 0 Å². The van der Waals surface area contributed by atoms with Crippen molar-refractivity contribution in [3.63, 3.8) is 0 Å². The Hall–Kier alpha value is -2.51. The molecule has 0 bridgehead atoms. The number of nitrogens with zero attached hydrogens (tertiary/aromatic N) is 1. The molecule has 2 aromatic rings. The van der Waals surface area contributed by atoms with Crippen molar-refractivity contribution in [2.45, 2.75) is 32.4 Å². The Kier molecular flexibility index (Phi) is 6.59. The molecule has 1 fully saturated rings. The van der Waals surface area contributed by atoms with Crippen LogP contribution < -0.4 is 10.6 Å². The first kappa shape index (κ1) is 20.2. The minimum Gasteiger partial charge on any atom is -0.395 e. The number of hydrogen-bond acceptors (Lipinski definition) is 4. The van der Waals surface area contributed by atoms with E-state index >= 15 is 0 Å². The summed E-state index contributed by atoms with van der Waals surface area (Å²) in [4.78, 5) is 14.5. The number of aliphatic hydroxyl groups excluding tert-OH is 1. The van der Waals surface area contributed by atoms with Crippen molar-refractivity contribution in [2.75, 3.05) is 30.3 Å². The van der Waals surface area contributed by atoms with Gasteiger partial charge in [-0.3, -0.25) is 9.69 Å². The quantitative estimate of drug-likeness (QED) is 0.680. The van der Waals surface area contributed by atoms with Crippen molar-refractivity contribution >= 4 is 17.3 Å². The van der Waals surface area contributed by atoms with Crippen LogP contribution in [0.2, 0.25) is 0 Å². The fourth-order valence-electron chi connectivity index (χ4n) is 3.43. The zero-order valence-corrected chi connectivity index (χ0v) is 15.8. The van der Waals surface area contributed by atoms with E-state index in [1.165, 1.54) is 6.07 Å². The van der Waals surface area contributed by atoms with E-state index in [1.807, 2.05) is 25.1 Å². The molecule has 0 spiro atoms. The van der Waals surface area contributed by atoms with E-state index < -0.39 is 11.6 Å². The predicted molar refractivity (Wildman–Crippen MR) is 105 cm³/mol. The number of rotatable bonds is 7. The number of amides is 1. The molecule has 1 aliphatic heterocycles. The van der Waals surface area contributed by atoms with Gasteiger partial charge in [0.25, 0.3) is 0 Å². The van der Waals surface area contributed by atoms with Gasteiger partial charge in [0.15, 0.2) is 11.6 Å². The first-order chi connectivity index (χ1) is 13.5. The number of aliphatic hydroxyl groups is 1. The average Bonchev–Trinajstić information content (AvgIpc) is 3.12. The largest absolute Gasteiger partial charge is 0.395 e. The molecular formula is C21H25F2N3O2. The van der Waals surface area contributed by atoms with Crippen LogP contribution in [0.15, 0.2) is 36.4 Å². The standard InChI is InChI=1S/C21H25F2N3O2/c1-14-4-5-15(12-26-8-2-3-17(26)13-27)9-20(14)25-21(28)11-24-16-6-7-18(22)19(23)10-16/h4-7,9-10,17,24,27H,2-3,8,11-13H2,1H3,(H,25,28). The SMILES string of the molecule is Cc1ccc(CN2CCCC2CO)cc1NC(=O)CNc1ccc(F)c(F)c1. The highest BCUT2D eigenvalue weighted by atomic mass is 19.2. The highest BCUT2D eigenvalue weighted by Crippen LogP contribution is 2.23. The summed E-state index contributed by atoms with van der Waals surface area (Å²) in [6.07, 6.45) is 2.08. The molecule has 150 valence electrons. The van der Waals surface area contributed by atoms with Crippen molar-refractivity contribution in [3.05, 3.63) is 59.2 Å². The third-order valence-corrected chi connectivity index (χ3v) is 5.04. The molecule has 1 unspecified atom stereocenters. The number of carbonyl (C=O) groups is 1. The number of halogens is 2. The number of hydrogen-bond donors (Lipinski definition) is 3. The van der Waals surface area contributed by atoms with Gasteiger partial charge in [-0.1, -0.05) is 12.1 Å².